The number of rotatable bonds is 37. The van der Waals surface area contributed by atoms with E-state index < -0.39 is 53.3 Å². The van der Waals surface area contributed by atoms with Gasteiger partial charge in [-0.3, -0.25) is 38.5 Å². The molecule has 0 bridgehead atoms. The van der Waals surface area contributed by atoms with Gasteiger partial charge in [0.25, 0.3) is 17.4 Å². The Bertz CT molecular complexity index is 2930. The van der Waals surface area contributed by atoms with Crippen molar-refractivity contribution in [2.75, 3.05) is 119 Å². The fraction of sp³-hybridized carbons (Fsp3) is 0.610. The lowest BCUT2D eigenvalue weighted by Crippen LogP contribution is -2.55. The van der Waals surface area contributed by atoms with Crippen LogP contribution in [0.1, 0.15) is 98.4 Å². The highest BCUT2D eigenvalue weighted by Gasteiger charge is 2.46. The number of ether oxygens (including phenoxy) is 9. The van der Waals surface area contributed by atoms with Crippen molar-refractivity contribution in [1.82, 2.24) is 35.7 Å². The van der Waals surface area contributed by atoms with E-state index in [4.69, 9.17) is 47.6 Å². The molecule has 4 aliphatic rings. The second-order valence-electron chi connectivity index (χ2n) is 21.2. The van der Waals surface area contributed by atoms with E-state index in [0.717, 1.165) is 38.1 Å². The minimum atomic E-state index is -1.98. The van der Waals surface area contributed by atoms with Gasteiger partial charge in [0.1, 0.15) is 18.7 Å². The molecule has 460 valence electrons. The number of carbonyl (C=O) groups excluding carboxylic acids is 7. The number of amides is 6. The molecular weight excluding hydrogens is 1090 g/mol. The van der Waals surface area contributed by atoms with Gasteiger partial charge < -0.3 is 73.6 Å². The molecule has 7 rings (SSSR count). The molecule has 0 spiro atoms. The standard InChI is InChI=1S/C59H81N7O18/c1-7-59(75)43-33-46-54-41(34-66(46)57(73)42(43)35-84-58(59)74)52-44(9-8-40-38(5)37(4)32-45(62-54)51(40)52)63-55(71)39(6)61-56(72)53(36(2)3)64-48(68)13-16-76-18-20-78-22-24-80-26-28-82-30-31-83-29-27-81-25-23-79-21-19-77-17-14-60-47(67)12-15-65-49(69)10-11-50(65)70/h10-11,32-33,36,39,44,53,75H,7-9,12-31,34-35H2,1-6H3,(H,60,67)(H,61,72)(H,63,71)(H,64,68)/t39-,44-,53-,59-/m0/s1. The number of benzene rings is 1. The summed E-state index contributed by atoms with van der Waals surface area (Å²) in [7, 11) is 0. The Morgan fingerprint density at radius 1 is 0.714 bits per heavy atom. The molecule has 84 heavy (non-hydrogen) atoms. The third-order valence-corrected chi connectivity index (χ3v) is 15.1. The van der Waals surface area contributed by atoms with Crippen LogP contribution in [-0.4, -0.2) is 192 Å². The van der Waals surface area contributed by atoms with Crippen LogP contribution in [0.25, 0.3) is 22.3 Å². The van der Waals surface area contributed by atoms with Crippen LogP contribution in [0, 0.1) is 19.8 Å². The zero-order valence-electron chi connectivity index (χ0n) is 49.0. The van der Waals surface area contributed by atoms with Crippen LogP contribution in [-0.2, 0) is 101 Å². The molecule has 25 nitrogen and oxygen atoms in total. The molecule has 6 amide bonds. The quantitative estimate of drug-likeness (QED) is 0.0242. The number of imide groups is 1. The molecule has 3 aromatic rings. The number of aryl methyl sites for hydroxylation is 2. The fourth-order valence-corrected chi connectivity index (χ4v) is 10.3. The SMILES string of the molecule is CC[C@@]1(O)C(=O)OCc2c1cc1n(c2=O)Cc2c-1nc1cc(C)c(C)c3c1c2[C@@H](NC(=O)[C@H](C)NC(=O)[C@@H](NC(=O)CCOCCOCCOCCOCCOCCOCCOCCOCCNC(=O)CCN1C(=O)C=CC1=O)C(C)C)CC3. The average molecular weight is 1180 g/mol. The van der Waals surface area contributed by atoms with Crippen molar-refractivity contribution < 1.29 is 81.3 Å². The van der Waals surface area contributed by atoms with Gasteiger partial charge in [-0.2, -0.15) is 0 Å². The second kappa shape index (κ2) is 31.5. The molecule has 3 aliphatic heterocycles. The van der Waals surface area contributed by atoms with Crippen molar-refractivity contribution in [2.24, 2.45) is 5.92 Å². The summed E-state index contributed by atoms with van der Waals surface area (Å²) in [5, 5.41) is 23.8. The monoisotopic (exact) mass is 1180 g/mol. The van der Waals surface area contributed by atoms with E-state index in [9.17, 15) is 43.5 Å². The van der Waals surface area contributed by atoms with Gasteiger partial charge in [-0.1, -0.05) is 20.8 Å². The molecule has 25 heteroatoms. The van der Waals surface area contributed by atoms with Crippen molar-refractivity contribution in [3.05, 3.63) is 73.6 Å². The number of pyridine rings is 2. The summed E-state index contributed by atoms with van der Waals surface area (Å²) in [6.07, 6.45) is 3.62. The molecular formula is C59H81N7O18. The van der Waals surface area contributed by atoms with Gasteiger partial charge in [0.15, 0.2) is 5.60 Å². The molecule has 0 saturated carbocycles. The Labute approximate surface area is 488 Å². The normalized spacial score (nSPS) is 17.5. The van der Waals surface area contributed by atoms with E-state index in [-0.39, 0.29) is 86.6 Å². The van der Waals surface area contributed by atoms with Crippen LogP contribution in [0.2, 0.25) is 0 Å². The topological polar surface area (TPSA) is 309 Å². The third kappa shape index (κ3) is 16.7. The van der Waals surface area contributed by atoms with E-state index in [1.165, 1.54) is 12.2 Å². The summed E-state index contributed by atoms with van der Waals surface area (Å²) in [4.78, 5) is 109. The fourth-order valence-electron chi connectivity index (χ4n) is 10.3. The zero-order chi connectivity index (χ0) is 60.3. The van der Waals surface area contributed by atoms with Crippen molar-refractivity contribution in [1.29, 1.82) is 0 Å². The van der Waals surface area contributed by atoms with Crippen LogP contribution in [0.15, 0.2) is 29.1 Å². The van der Waals surface area contributed by atoms with E-state index >= 15 is 0 Å². The first-order valence-corrected chi connectivity index (χ1v) is 28.9. The van der Waals surface area contributed by atoms with Crippen molar-refractivity contribution in [3.63, 3.8) is 0 Å². The molecule has 4 atom stereocenters. The van der Waals surface area contributed by atoms with Crippen LogP contribution in [0.4, 0.5) is 0 Å². The van der Waals surface area contributed by atoms with E-state index in [1.54, 1.807) is 38.3 Å². The molecule has 0 radical (unpaired) electrons. The van der Waals surface area contributed by atoms with E-state index in [0.29, 0.717) is 129 Å². The van der Waals surface area contributed by atoms with Gasteiger partial charge in [-0.25, -0.2) is 9.78 Å². The summed E-state index contributed by atoms with van der Waals surface area (Å²) < 4.78 is 50.9. The predicted molar refractivity (Wildman–Crippen MR) is 302 cm³/mol. The summed E-state index contributed by atoms with van der Waals surface area (Å²) in [6.45, 7) is 16.8. The Morgan fingerprint density at radius 3 is 1.83 bits per heavy atom. The maximum absolute atomic E-state index is 14.1. The van der Waals surface area contributed by atoms with Gasteiger partial charge in [0.05, 0.1) is 141 Å². The van der Waals surface area contributed by atoms with Crippen LogP contribution >= 0.6 is 0 Å². The summed E-state index contributed by atoms with van der Waals surface area (Å²) in [5.74, 6) is -3.53. The zero-order valence-corrected chi connectivity index (χ0v) is 49.0. The lowest BCUT2D eigenvalue weighted by Gasteiger charge is -2.31. The van der Waals surface area contributed by atoms with Crippen molar-refractivity contribution in [2.45, 2.75) is 111 Å². The minimum Gasteiger partial charge on any atom is -0.458 e. The first kappa shape index (κ1) is 65.0. The lowest BCUT2D eigenvalue weighted by atomic mass is 9.80. The van der Waals surface area contributed by atoms with Gasteiger partial charge in [0.2, 0.25) is 23.6 Å². The number of nitrogens with zero attached hydrogens (tertiary/aromatic N) is 3. The highest BCUT2D eigenvalue weighted by molar-refractivity contribution is 6.13. The number of fused-ring (bicyclic) bond motifs is 5. The first-order valence-electron chi connectivity index (χ1n) is 28.9. The smallest absolute Gasteiger partial charge is 0.343 e. The molecule has 5 heterocycles. The highest BCUT2D eigenvalue weighted by Crippen LogP contribution is 2.46. The number of aromatic nitrogens is 2. The molecule has 0 saturated heterocycles. The molecule has 1 aromatic carbocycles. The van der Waals surface area contributed by atoms with Crippen molar-refractivity contribution >= 4 is 52.3 Å². The van der Waals surface area contributed by atoms with Crippen LogP contribution < -0.4 is 26.8 Å². The van der Waals surface area contributed by atoms with E-state index in [1.807, 2.05) is 13.0 Å². The average Bonchev–Trinajstić information content (AvgIpc) is 1.51. The Morgan fingerprint density at radius 2 is 1.27 bits per heavy atom. The first-order chi connectivity index (χ1) is 40.4. The Hall–Kier alpha value is -6.55. The number of cyclic esters (lactones) is 1. The third-order valence-electron chi connectivity index (χ3n) is 15.1. The molecule has 1 aliphatic carbocycles. The van der Waals surface area contributed by atoms with Crippen LogP contribution in [0.3, 0.4) is 0 Å². The number of aliphatic hydroxyl groups is 1. The molecule has 5 N–H and O–H groups in total. The van der Waals surface area contributed by atoms with Gasteiger partial charge >= 0.3 is 5.97 Å². The highest BCUT2D eigenvalue weighted by atomic mass is 16.6. The second-order valence-corrected chi connectivity index (χ2v) is 21.2. The Balaban J connectivity index is 0.701. The molecule has 0 unspecified atom stereocenters. The van der Waals surface area contributed by atoms with Crippen molar-refractivity contribution in [3.8, 4) is 11.4 Å². The summed E-state index contributed by atoms with van der Waals surface area (Å²) >= 11 is 0. The summed E-state index contributed by atoms with van der Waals surface area (Å²) in [6, 6.07) is 1.27. The number of carbonyl (C=O) groups is 7. The Kier molecular flexibility index (Phi) is 24.4. The number of hydrogen-bond donors (Lipinski definition) is 5. The van der Waals surface area contributed by atoms with E-state index in [2.05, 4.69) is 28.2 Å². The maximum Gasteiger partial charge on any atom is 0.343 e. The minimum absolute atomic E-state index is 0.00508. The van der Waals surface area contributed by atoms with Gasteiger partial charge in [0, 0.05) is 54.6 Å². The van der Waals surface area contributed by atoms with Gasteiger partial charge in [-0.05, 0) is 80.3 Å². The molecule has 2 aromatic heterocycles. The van der Waals surface area contributed by atoms with Gasteiger partial charge in [-0.15, -0.1) is 0 Å². The summed E-state index contributed by atoms with van der Waals surface area (Å²) in [5.41, 5.74) is 4.67. The largest absolute Gasteiger partial charge is 0.458 e. The van der Waals surface area contributed by atoms with Crippen LogP contribution in [0.5, 0.6) is 0 Å². The molecule has 0 fully saturated rings. The number of hydrogen-bond acceptors (Lipinski definition) is 19. The lowest BCUT2D eigenvalue weighted by molar-refractivity contribution is -0.172. The predicted octanol–water partition coefficient (Wildman–Crippen LogP) is 1.40. The number of esters is 1. The maximum atomic E-state index is 14.1. The number of nitrogens with one attached hydrogen (secondary N) is 4.